The Morgan fingerprint density at radius 3 is 2.87 bits per heavy atom. The molecule has 7 heteroatoms. The molecule has 0 radical (unpaired) electrons. The number of primary amides is 1. The molecule has 1 aliphatic rings. The molecule has 1 unspecified atom stereocenters. The summed E-state index contributed by atoms with van der Waals surface area (Å²) in [7, 11) is 0. The fourth-order valence-corrected chi connectivity index (χ4v) is 2.66. The van der Waals surface area contributed by atoms with Gasteiger partial charge in [-0.05, 0) is 37.1 Å². The predicted octanol–water partition coefficient (Wildman–Crippen LogP) is 1.95. The predicted molar refractivity (Wildman–Crippen MR) is 93.6 cm³/mol. The van der Waals surface area contributed by atoms with Crippen molar-refractivity contribution in [2.24, 2.45) is 11.7 Å². The van der Waals surface area contributed by atoms with Crippen molar-refractivity contribution in [1.29, 1.82) is 0 Å². The van der Waals surface area contributed by atoms with Crippen molar-refractivity contribution in [3.8, 4) is 0 Å². The Bertz CT molecular complexity index is 539. The highest BCUT2D eigenvalue weighted by molar-refractivity contribution is 5.93. The molecule has 0 aliphatic carbocycles. The van der Waals surface area contributed by atoms with Gasteiger partial charge in [-0.25, -0.2) is 4.79 Å². The highest BCUT2D eigenvalue weighted by Crippen LogP contribution is 2.19. The van der Waals surface area contributed by atoms with Crippen LogP contribution >= 0.6 is 12.4 Å². The third-order valence-electron chi connectivity index (χ3n) is 3.88. The van der Waals surface area contributed by atoms with E-state index in [2.05, 4.69) is 17.6 Å². The maximum Gasteiger partial charge on any atom is 0.314 e. The summed E-state index contributed by atoms with van der Waals surface area (Å²) in [6.45, 7) is 4.77. The SMILES string of the molecule is CCNCc1cccc(NC(=O)C2CCCN(C(N)=O)C2)c1.Cl. The van der Waals surface area contributed by atoms with Gasteiger partial charge in [0.25, 0.3) is 0 Å². The van der Waals surface area contributed by atoms with Crippen LogP contribution in [-0.2, 0) is 11.3 Å². The van der Waals surface area contributed by atoms with Crippen LogP contribution in [0.25, 0.3) is 0 Å². The molecule has 3 amide bonds. The quantitative estimate of drug-likeness (QED) is 0.765. The standard InChI is InChI=1S/C16H24N4O2.ClH/c1-2-18-10-12-5-3-7-14(9-12)19-15(21)13-6-4-8-20(11-13)16(17)22;/h3,5,7,9,13,18H,2,4,6,8,10-11H2,1H3,(H2,17,22)(H,19,21);1H. The number of hydrogen-bond acceptors (Lipinski definition) is 3. The zero-order valence-electron chi connectivity index (χ0n) is 13.4. The van der Waals surface area contributed by atoms with Crippen LogP contribution in [0.5, 0.6) is 0 Å². The molecular weight excluding hydrogens is 316 g/mol. The van der Waals surface area contributed by atoms with Crippen LogP contribution in [-0.4, -0.2) is 36.5 Å². The maximum atomic E-state index is 12.4. The van der Waals surface area contributed by atoms with E-state index >= 15 is 0 Å². The second kappa shape index (κ2) is 9.37. The monoisotopic (exact) mass is 340 g/mol. The average Bonchev–Trinajstić information content (AvgIpc) is 2.53. The fourth-order valence-electron chi connectivity index (χ4n) is 2.66. The first-order chi connectivity index (χ1) is 10.6. The largest absolute Gasteiger partial charge is 0.351 e. The zero-order valence-corrected chi connectivity index (χ0v) is 14.2. The van der Waals surface area contributed by atoms with Crippen LogP contribution in [0.4, 0.5) is 10.5 Å². The van der Waals surface area contributed by atoms with Crippen molar-refractivity contribution < 1.29 is 9.59 Å². The van der Waals surface area contributed by atoms with Crippen LogP contribution in [0.3, 0.4) is 0 Å². The third-order valence-corrected chi connectivity index (χ3v) is 3.88. The van der Waals surface area contributed by atoms with Crippen LogP contribution < -0.4 is 16.4 Å². The number of carbonyl (C=O) groups is 2. The highest BCUT2D eigenvalue weighted by Gasteiger charge is 2.27. The van der Waals surface area contributed by atoms with Gasteiger partial charge in [0.05, 0.1) is 5.92 Å². The summed E-state index contributed by atoms with van der Waals surface area (Å²) in [5, 5.41) is 6.20. The molecule has 4 N–H and O–H groups in total. The number of piperidine rings is 1. The Morgan fingerprint density at radius 2 is 2.17 bits per heavy atom. The molecule has 1 aliphatic heterocycles. The lowest BCUT2D eigenvalue weighted by Gasteiger charge is -2.30. The number of nitrogens with one attached hydrogen (secondary N) is 2. The Kier molecular flexibility index (Phi) is 7.85. The first-order valence-corrected chi connectivity index (χ1v) is 7.75. The number of benzene rings is 1. The van der Waals surface area contributed by atoms with Gasteiger partial charge >= 0.3 is 6.03 Å². The smallest absolute Gasteiger partial charge is 0.314 e. The van der Waals surface area contributed by atoms with E-state index in [0.29, 0.717) is 13.1 Å². The number of carbonyl (C=O) groups excluding carboxylic acids is 2. The summed E-state index contributed by atoms with van der Waals surface area (Å²) in [5.74, 6) is -0.245. The molecule has 1 atom stereocenters. The molecule has 1 aromatic carbocycles. The molecule has 2 rings (SSSR count). The highest BCUT2D eigenvalue weighted by atomic mass is 35.5. The van der Waals surface area contributed by atoms with E-state index in [1.165, 1.54) is 4.90 Å². The van der Waals surface area contributed by atoms with E-state index in [-0.39, 0.29) is 24.2 Å². The summed E-state index contributed by atoms with van der Waals surface area (Å²) in [4.78, 5) is 25.1. The van der Waals surface area contributed by atoms with Crippen molar-refractivity contribution in [2.45, 2.75) is 26.3 Å². The molecule has 23 heavy (non-hydrogen) atoms. The van der Waals surface area contributed by atoms with Gasteiger partial charge in [-0.15, -0.1) is 12.4 Å². The topological polar surface area (TPSA) is 87.5 Å². The lowest BCUT2D eigenvalue weighted by molar-refractivity contribution is -0.121. The molecule has 1 saturated heterocycles. The lowest BCUT2D eigenvalue weighted by atomic mass is 9.97. The van der Waals surface area contributed by atoms with E-state index in [1.54, 1.807) is 0 Å². The maximum absolute atomic E-state index is 12.4. The summed E-state index contributed by atoms with van der Waals surface area (Å²) < 4.78 is 0. The van der Waals surface area contributed by atoms with Gasteiger partial charge in [-0.3, -0.25) is 4.79 Å². The number of nitrogens with zero attached hydrogens (tertiary/aromatic N) is 1. The van der Waals surface area contributed by atoms with E-state index in [4.69, 9.17) is 5.73 Å². The van der Waals surface area contributed by atoms with Crippen molar-refractivity contribution in [3.63, 3.8) is 0 Å². The zero-order chi connectivity index (χ0) is 15.9. The fraction of sp³-hybridized carbons (Fsp3) is 0.500. The number of hydrogen-bond donors (Lipinski definition) is 3. The number of nitrogens with two attached hydrogens (primary N) is 1. The minimum absolute atomic E-state index is 0. The second-order valence-electron chi connectivity index (χ2n) is 5.59. The van der Waals surface area contributed by atoms with Gasteiger partial charge < -0.3 is 21.3 Å². The van der Waals surface area contributed by atoms with E-state index in [9.17, 15) is 9.59 Å². The van der Waals surface area contributed by atoms with Gasteiger partial charge in [-0.2, -0.15) is 0 Å². The van der Waals surface area contributed by atoms with E-state index in [0.717, 1.165) is 37.2 Å². The summed E-state index contributed by atoms with van der Waals surface area (Å²) in [6, 6.07) is 7.34. The molecule has 6 nitrogen and oxygen atoms in total. The molecule has 0 saturated carbocycles. The van der Waals surface area contributed by atoms with Crippen molar-refractivity contribution in [3.05, 3.63) is 29.8 Å². The van der Waals surface area contributed by atoms with Crippen LogP contribution in [0, 0.1) is 5.92 Å². The van der Waals surface area contributed by atoms with Gasteiger partial charge in [-0.1, -0.05) is 19.1 Å². The number of likely N-dealkylation sites (tertiary alicyclic amines) is 1. The van der Waals surface area contributed by atoms with Crippen molar-refractivity contribution in [1.82, 2.24) is 10.2 Å². The number of halogens is 1. The third kappa shape index (κ3) is 5.73. The molecule has 1 fully saturated rings. The molecular formula is C16H25ClN4O2. The Hall–Kier alpha value is -1.79. The lowest BCUT2D eigenvalue weighted by Crippen LogP contribution is -2.46. The normalized spacial score (nSPS) is 17.3. The average molecular weight is 341 g/mol. The first-order valence-electron chi connectivity index (χ1n) is 7.75. The number of rotatable bonds is 5. The minimum Gasteiger partial charge on any atom is -0.351 e. The Balaban J connectivity index is 0.00000264. The molecule has 128 valence electrons. The summed E-state index contributed by atoms with van der Waals surface area (Å²) >= 11 is 0. The first kappa shape index (κ1) is 19.3. The van der Waals surface area contributed by atoms with E-state index in [1.807, 2.05) is 24.3 Å². The molecule has 0 bridgehead atoms. The van der Waals surface area contributed by atoms with Gasteiger partial charge in [0.2, 0.25) is 5.91 Å². The second-order valence-corrected chi connectivity index (χ2v) is 5.59. The Morgan fingerprint density at radius 1 is 1.39 bits per heavy atom. The number of amides is 3. The van der Waals surface area contributed by atoms with Gasteiger partial charge in [0, 0.05) is 25.3 Å². The Labute approximate surface area is 143 Å². The molecule has 0 aromatic heterocycles. The molecule has 1 aromatic rings. The molecule has 0 spiro atoms. The number of urea groups is 1. The van der Waals surface area contributed by atoms with Gasteiger partial charge in [0.1, 0.15) is 0 Å². The van der Waals surface area contributed by atoms with Crippen LogP contribution in [0.2, 0.25) is 0 Å². The van der Waals surface area contributed by atoms with Crippen LogP contribution in [0.1, 0.15) is 25.3 Å². The van der Waals surface area contributed by atoms with Crippen molar-refractivity contribution >= 4 is 30.0 Å². The van der Waals surface area contributed by atoms with Crippen molar-refractivity contribution in [2.75, 3.05) is 25.0 Å². The summed E-state index contributed by atoms with van der Waals surface area (Å²) in [5.41, 5.74) is 7.21. The van der Waals surface area contributed by atoms with Crippen LogP contribution in [0.15, 0.2) is 24.3 Å². The molecule has 1 heterocycles. The van der Waals surface area contributed by atoms with E-state index < -0.39 is 6.03 Å². The number of anilines is 1. The minimum atomic E-state index is -0.454. The van der Waals surface area contributed by atoms with Gasteiger partial charge in [0.15, 0.2) is 0 Å². The summed E-state index contributed by atoms with van der Waals surface area (Å²) in [6.07, 6.45) is 1.59.